The number of nitrogens with zero attached hydrogens (tertiary/aromatic N) is 4. The molecule has 0 N–H and O–H groups in total. The number of rotatable bonds is 5. The lowest BCUT2D eigenvalue weighted by molar-refractivity contribution is -0.0328. The van der Waals surface area contributed by atoms with Gasteiger partial charge in [0.05, 0.1) is 22.9 Å². The number of oxime groups is 1. The molecule has 0 unspecified atom stereocenters. The third-order valence-electron chi connectivity index (χ3n) is 3.80. The molecule has 9 heteroatoms. The van der Waals surface area contributed by atoms with E-state index in [9.17, 15) is 13.2 Å². The minimum absolute atomic E-state index is 0.0990. The Bertz CT molecular complexity index is 998. The molecule has 2 heterocycles. The van der Waals surface area contributed by atoms with Gasteiger partial charge in [-0.1, -0.05) is 11.2 Å². The molecular formula is C18H17F3N4OS. The van der Waals surface area contributed by atoms with Crippen molar-refractivity contribution >= 4 is 29.0 Å². The molecule has 0 radical (unpaired) electrons. The van der Waals surface area contributed by atoms with Gasteiger partial charge in [-0.25, -0.2) is 9.97 Å². The summed E-state index contributed by atoms with van der Waals surface area (Å²) in [5.74, 6) is 0.573. The third-order valence-corrected chi connectivity index (χ3v) is 4.53. The minimum atomic E-state index is -4.34. The highest BCUT2D eigenvalue weighted by molar-refractivity contribution is 8.00. The third kappa shape index (κ3) is 4.41. The molecule has 0 aliphatic rings. The van der Waals surface area contributed by atoms with Crippen molar-refractivity contribution in [2.75, 3.05) is 6.61 Å². The zero-order chi connectivity index (χ0) is 19.6. The molecule has 2 aromatic heterocycles. The molecule has 0 aliphatic heterocycles. The standard InChI is InChI=1S/C18H17F3N4OS/c1-4-26-22-10-12-6-5-11(2)16(23-12)17-24-14-9-13(27-18(19,20)21)7-8-15(14)25(17)3/h5-10H,4H2,1-3H3/b22-10+. The highest BCUT2D eigenvalue weighted by atomic mass is 32.2. The van der Waals surface area contributed by atoms with Crippen LogP contribution in [0.1, 0.15) is 18.2 Å². The van der Waals surface area contributed by atoms with E-state index in [4.69, 9.17) is 4.84 Å². The van der Waals surface area contributed by atoms with Gasteiger partial charge in [0.2, 0.25) is 0 Å². The van der Waals surface area contributed by atoms with E-state index in [0.29, 0.717) is 29.3 Å². The fourth-order valence-corrected chi connectivity index (χ4v) is 3.17. The van der Waals surface area contributed by atoms with Crippen LogP contribution < -0.4 is 0 Å². The number of aromatic nitrogens is 3. The average molecular weight is 394 g/mol. The molecule has 0 saturated carbocycles. The van der Waals surface area contributed by atoms with Crippen LogP contribution in [0.15, 0.2) is 40.4 Å². The first-order chi connectivity index (χ1) is 12.8. The summed E-state index contributed by atoms with van der Waals surface area (Å²) in [6.07, 6.45) is 1.51. The second kappa shape index (κ2) is 7.59. The zero-order valence-electron chi connectivity index (χ0n) is 14.9. The number of benzene rings is 1. The number of imidazole rings is 1. The molecule has 3 rings (SSSR count). The van der Waals surface area contributed by atoms with Gasteiger partial charge in [0.25, 0.3) is 0 Å². The van der Waals surface area contributed by atoms with E-state index in [1.807, 2.05) is 37.6 Å². The fraction of sp³-hybridized carbons (Fsp3) is 0.278. The van der Waals surface area contributed by atoms with E-state index < -0.39 is 5.51 Å². The lowest BCUT2D eigenvalue weighted by Gasteiger charge is -2.06. The molecule has 142 valence electrons. The summed E-state index contributed by atoms with van der Waals surface area (Å²) in [4.78, 5) is 14.1. The zero-order valence-corrected chi connectivity index (χ0v) is 15.7. The molecule has 0 amide bonds. The van der Waals surface area contributed by atoms with Crippen LogP contribution in [0.3, 0.4) is 0 Å². The van der Waals surface area contributed by atoms with Gasteiger partial charge in [0, 0.05) is 11.9 Å². The monoisotopic (exact) mass is 394 g/mol. The SMILES string of the molecule is CCO/N=C/c1ccc(C)c(-c2nc3cc(SC(F)(F)F)ccc3n2C)n1. The van der Waals surface area contributed by atoms with Gasteiger partial charge in [-0.15, -0.1) is 0 Å². The lowest BCUT2D eigenvalue weighted by Crippen LogP contribution is -2.00. The van der Waals surface area contributed by atoms with Crippen LogP contribution in [0, 0.1) is 6.92 Å². The molecule has 0 saturated heterocycles. The number of thioether (sulfide) groups is 1. The predicted octanol–water partition coefficient (Wildman–Crippen LogP) is 4.93. The van der Waals surface area contributed by atoms with Gasteiger partial charge >= 0.3 is 5.51 Å². The Balaban J connectivity index is 2.04. The molecule has 5 nitrogen and oxygen atoms in total. The van der Waals surface area contributed by atoms with Gasteiger partial charge in [-0.2, -0.15) is 13.2 Å². The van der Waals surface area contributed by atoms with Crippen LogP contribution in [0.4, 0.5) is 13.2 Å². The van der Waals surface area contributed by atoms with Gasteiger partial charge in [0.1, 0.15) is 12.3 Å². The summed E-state index contributed by atoms with van der Waals surface area (Å²) < 4.78 is 39.7. The quantitative estimate of drug-likeness (QED) is 0.350. The maximum atomic E-state index is 12.6. The van der Waals surface area contributed by atoms with Crippen LogP contribution in [-0.2, 0) is 11.9 Å². The van der Waals surface area contributed by atoms with Crippen molar-refractivity contribution in [3.05, 3.63) is 41.6 Å². The Kier molecular flexibility index (Phi) is 5.41. The molecule has 3 aromatic rings. The second-order valence-corrected chi connectivity index (χ2v) is 6.89. The minimum Gasteiger partial charge on any atom is -0.396 e. The summed E-state index contributed by atoms with van der Waals surface area (Å²) in [6.45, 7) is 4.18. The molecule has 0 spiro atoms. The molecule has 0 bridgehead atoms. The van der Waals surface area contributed by atoms with E-state index in [1.54, 1.807) is 6.07 Å². The predicted molar refractivity (Wildman–Crippen MR) is 99.8 cm³/mol. The van der Waals surface area contributed by atoms with Crippen molar-refractivity contribution in [3.63, 3.8) is 0 Å². The Morgan fingerprint density at radius 2 is 2.00 bits per heavy atom. The summed E-state index contributed by atoms with van der Waals surface area (Å²) >= 11 is -0.153. The van der Waals surface area contributed by atoms with Gasteiger partial charge < -0.3 is 9.40 Å². The molecular weight excluding hydrogens is 377 g/mol. The van der Waals surface area contributed by atoms with Gasteiger partial charge in [-0.3, -0.25) is 0 Å². The first-order valence-corrected chi connectivity index (χ1v) is 8.95. The largest absolute Gasteiger partial charge is 0.446 e. The van der Waals surface area contributed by atoms with Gasteiger partial charge in [0.15, 0.2) is 5.82 Å². The number of alkyl halides is 3. The van der Waals surface area contributed by atoms with Crippen LogP contribution >= 0.6 is 11.8 Å². The first kappa shape index (κ1) is 19.2. The average Bonchev–Trinajstić information content (AvgIpc) is 2.91. The van der Waals surface area contributed by atoms with E-state index in [0.717, 1.165) is 11.1 Å². The fourth-order valence-electron chi connectivity index (χ4n) is 2.60. The Morgan fingerprint density at radius 1 is 1.22 bits per heavy atom. The number of hydrogen-bond donors (Lipinski definition) is 0. The van der Waals surface area contributed by atoms with Gasteiger partial charge in [-0.05, 0) is 55.4 Å². The molecule has 1 aromatic carbocycles. The lowest BCUT2D eigenvalue weighted by atomic mass is 10.2. The Morgan fingerprint density at radius 3 is 2.70 bits per heavy atom. The Hall–Kier alpha value is -2.55. The molecule has 0 aliphatic carbocycles. The number of hydrogen-bond acceptors (Lipinski definition) is 5. The van der Waals surface area contributed by atoms with Crippen molar-refractivity contribution in [1.82, 2.24) is 14.5 Å². The van der Waals surface area contributed by atoms with Crippen LogP contribution in [0.25, 0.3) is 22.6 Å². The highest BCUT2D eigenvalue weighted by Gasteiger charge is 2.29. The van der Waals surface area contributed by atoms with Crippen molar-refractivity contribution in [2.45, 2.75) is 24.3 Å². The van der Waals surface area contributed by atoms with Crippen molar-refractivity contribution in [3.8, 4) is 11.5 Å². The highest BCUT2D eigenvalue weighted by Crippen LogP contribution is 2.38. The first-order valence-electron chi connectivity index (χ1n) is 8.14. The van der Waals surface area contributed by atoms with E-state index >= 15 is 0 Å². The number of aryl methyl sites for hydroxylation is 2. The van der Waals surface area contributed by atoms with E-state index in [1.165, 1.54) is 18.3 Å². The summed E-state index contributed by atoms with van der Waals surface area (Å²) in [6, 6.07) is 8.21. The van der Waals surface area contributed by atoms with Crippen LogP contribution in [0.5, 0.6) is 0 Å². The van der Waals surface area contributed by atoms with Crippen molar-refractivity contribution < 1.29 is 18.0 Å². The van der Waals surface area contributed by atoms with Crippen molar-refractivity contribution in [2.24, 2.45) is 12.2 Å². The smallest absolute Gasteiger partial charge is 0.396 e. The number of pyridine rings is 1. The second-order valence-electron chi connectivity index (χ2n) is 5.75. The van der Waals surface area contributed by atoms with Crippen LogP contribution in [-0.4, -0.2) is 32.9 Å². The molecule has 27 heavy (non-hydrogen) atoms. The molecule has 0 fully saturated rings. The van der Waals surface area contributed by atoms with E-state index in [-0.39, 0.29) is 16.7 Å². The normalized spacial score (nSPS) is 12.2. The summed E-state index contributed by atoms with van der Waals surface area (Å²) in [7, 11) is 1.81. The van der Waals surface area contributed by atoms with Crippen LogP contribution in [0.2, 0.25) is 0 Å². The maximum Gasteiger partial charge on any atom is 0.446 e. The van der Waals surface area contributed by atoms with E-state index in [2.05, 4.69) is 15.1 Å². The number of fused-ring (bicyclic) bond motifs is 1. The summed E-state index contributed by atoms with van der Waals surface area (Å²) in [5, 5.41) is 3.81. The molecule has 0 atom stereocenters. The number of halogens is 3. The topological polar surface area (TPSA) is 52.3 Å². The maximum absolute atomic E-state index is 12.6. The van der Waals surface area contributed by atoms with Crippen molar-refractivity contribution in [1.29, 1.82) is 0 Å². The summed E-state index contributed by atoms with van der Waals surface area (Å²) in [5.41, 5.74) is -0.990. The Labute approximate surface area is 158 Å².